The molecule has 1 atom stereocenters. The first kappa shape index (κ1) is 20.2. The highest BCUT2D eigenvalue weighted by Gasteiger charge is 2.24. The lowest BCUT2D eigenvalue weighted by molar-refractivity contribution is 0.0938. The first-order valence-electron chi connectivity index (χ1n) is 10.1. The number of amides is 1. The summed E-state index contributed by atoms with van der Waals surface area (Å²) in [7, 11) is 1.67. The van der Waals surface area contributed by atoms with Gasteiger partial charge in [-0.15, -0.1) is 0 Å². The van der Waals surface area contributed by atoms with Gasteiger partial charge in [-0.1, -0.05) is 19.1 Å². The molecule has 1 heterocycles. The van der Waals surface area contributed by atoms with Gasteiger partial charge < -0.3 is 14.8 Å². The van der Waals surface area contributed by atoms with Crippen molar-refractivity contribution >= 4 is 5.91 Å². The normalized spacial score (nSPS) is 15.2. The molecule has 0 aliphatic carbocycles. The summed E-state index contributed by atoms with van der Waals surface area (Å²) in [5.41, 5.74) is 1.85. The van der Waals surface area contributed by atoms with Gasteiger partial charge in [-0.3, -0.25) is 9.69 Å². The third-order valence-electron chi connectivity index (χ3n) is 5.13. The number of hydrogen-bond donors (Lipinski definition) is 1. The molecule has 1 aliphatic heterocycles. The lowest BCUT2D eigenvalue weighted by Crippen LogP contribution is -2.36. The Balaban J connectivity index is 1.64. The van der Waals surface area contributed by atoms with Crippen molar-refractivity contribution in [2.75, 3.05) is 33.4 Å². The minimum absolute atomic E-state index is 0.0558. The van der Waals surface area contributed by atoms with Gasteiger partial charge in [0.25, 0.3) is 5.91 Å². The van der Waals surface area contributed by atoms with Crippen LogP contribution in [0.5, 0.6) is 11.5 Å². The Labute approximate surface area is 167 Å². The second-order valence-electron chi connectivity index (χ2n) is 7.11. The van der Waals surface area contributed by atoms with E-state index in [1.54, 1.807) is 7.11 Å². The molecule has 0 bridgehead atoms. The van der Waals surface area contributed by atoms with Crippen molar-refractivity contribution in [2.45, 2.75) is 32.2 Å². The number of rotatable bonds is 9. The van der Waals surface area contributed by atoms with Crippen LogP contribution in [0.25, 0.3) is 0 Å². The first-order valence-corrected chi connectivity index (χ1v) is 10.1. The minimum Gasteiger partial charge on any atom is -0.497 e. The summed E-state index contributed by atoms with van der Waals surface area (Å²) in [5.74, 6) is 1.59. The molecule has 0 unspecified atom stereocenters. The van der Waals surface area contributed by atoms with Crippen LogP contribution in [0.15, 0.2) is 48.5 Å². The lowest BCUT2D eigenvalue weighted by Gasteiger charge is -2.28. The van der Waals surface area contributed by atoms with E-state index in [0.717, 1.165) is 31.0 Å². The van der Waals surface area contributed by atoms with Crippen LogP contribution in [0.4, 0.5) is 0 Å². The van der Waals surface area contributed by atoms with E-state index in [0.29, 0.717) is 18.7 Å². The topological polar surface area (TPSA) is 50.8 Å². The maximum absolute atomic E-state index is 12.6. The van der Waals surface area contributed by atoms with E-state index in [1.807, 2.05) is 36.4 Å². The van der Waals surface area contributed by atoms with Crippen LogP contribution in [-0.4, -0.2) is 44.2 Å². The number of nitrogens with zero attached hydrogens (tertiary/aromatic N) is 1. The minimum atomic E-state index is -0.0558. The molecule has 0 spiro atoms. The smallest absolute Gasteiger partial charge is 0.251 e. The van der Waals surface area contributed by atoms with Crippen LogP contribution in [0.1, 0.15) is 48.1 Å². The molecule has 5 heteroatoms. The van der Waals surface area contributed by atoms with Gasteiger partial charge >= 0.3 is 0 Å². The Kier molecular flexibility index (Phi) is 7.31. The molecule has 0 aromatic heterocycles. The number of hydrogen-bond acceptors (Lipinski definition) is 4. The Morgan fingerprint density at radius 2 is 1.68 bits per heavy atom. The second kappa shape index (κ2) is 10.1. The van der Waals surface area contributed by atoms with Crippen molar-refractivity contribution in [3.05, 3.63) is 59.7 Å². The number of carbonyl (C=O) groups excluding carboxylic acids is 1. The zero-order valence-electron chi connectivity index (χ0n) is 16.8. The predicted molar refractivity (Wildman–Crippen MR) is 111 cm³/mol. The zero-order valence-corrected chi connectivity index (χ0v) is 16.8. The molecule has 1 amide bonds. The Morgan fingerprint density at radius 3 is 2.29 bits per heavy atom. The highest BCUT2D eigenvalue weighted by Crippen LogP contribution is 2.26. The SMILES string of the molecule is CCCOc1ccc(C(=O)NC[C@H](c2ccc(OC)cc2)N2CCCC2)cc1. The van der Waals surface area contributed by atoms with Crippen LogP contribution >= 0.6 is 0 Å². The van der Waals surface area contributed by atoms with Crippen molar-refractivity contribution in [1.29, 1.82) is 0 Å². The molecule has 0 saturated carbocycles. The first-order chi connectivity index (χ1) is 13.7. The number of ether oxygens (including phenoxy) is 2. The maximum Gasteiger partial charge on any atom is 0.251 e. The number of methoxy groups -OCH3 is 1. The summed E-state index contributed by atoms with van der Waals surface area (Å²) in [4.78, 5) is 15.1. The van der Waals surface area contributed by atoms with Crippen molar-refractivity contribution in [3.8, 4) is 11.5 Å². The summed E-state index contributed by atoms with van der Waals surface area (Å²) in [6, 6.07) is 15.7. The van der Waals surface area contributed by atoms with E-state index in [4.69, 9.17) is 9.47 Å². The number of nitrogens with one attached hydrogen (secondary N) is 1. The Morgan fingerprint density at radius 1 is 1.04 bits per heavy atom. The molecule has 2 aromatic carbocycles. The van der Waals surface area contributed by atoms with Gasteiger partial charge in [-0.2, -0.15) is 0 Å². The number of likely N-dealkylation sites (tertiary alicyclic amines) is 1. The van der Waals surface area contributed by atoms with Gasteiger partial charge in [-0.25, -0.2) is 0 Å². The lowest BCUT2D eigenvalue weighted by atomic mass is 10.0. The molecule has 1 N–H and O–H groups in total. The van der Waals surface area contributed by atoms with E-state index in [9.17, 15) is 4.79 Å². The summed E-state index contributed by atoms with van der Waals surface area (Å²) < 4.78 is 10.9. The van der Waals surface area contributed by atoms with Crippen LogP contribution in [-0.2, 0) is 0 Å². The van der Waals surface area contributed by atoms with E-state index in [2.05, 4.69) is 29.3 Å². The molecule has 1 fully saturated rings. The summed E-state index contributed by atoms with van der Waals surface area (Å²) >= 11 is 0. The van der Waals surface area contributed by atoms with Gasteiger partial charge in [0.15, 0.2) is 0 Å². The summed E-state index contributed by atoms with van der Waals surface area (Å²) in [6.45, 7) is 5.47. The van der Waals surface area contributed by atoms with Gasteiger partial charge in [-0.05, 0) is 74.3 Å². The Hall–Kier alpha value is -2.53. The number of carbonyl (C=O) groups is 1. The van der Waals surface area contributed by atoms with Crippen LogP contribution in [0.3, 0.4) is 0 Å². The third-order valence-corrected chi connectivity index (χ3v) is 5.13. The third kappa shape index (κ3) is 5.26. The van der Waals surface area contributed by atoms with Crippen molar-refractivity contribution in [1.82, 2.24) is 10.2 Å². The summed E-state index contributed by atoms with van der Waals surface area (Å²) in [5, 5.41) is 3.11. The molecular formula is C23H30N2O3. The fraction of sp³-hybridized carbons (Fsp3) is 0.435. The average molecular weight is 383 g/mol. The van der Waals surface area contributed by atoms with E-state index in [-0.39, 0.29) is 11.9 Å². The molecule has 1 aliphatic rings. The molecule has 28 heavy (non-hydrogen) atoms. The van der Waals surface area contributed by atoms with Crippen molar-refractivity contribution in [2.24, 2.45) is 0 Å². The maximum atomic E-state index is 12.6. The quantitative estimate of drug-likeness (QED) is 0.711. The monoisotopic (exact) mass is 382 g/mol. The van der Waals surface area contributed by atoms with Gasteiger partial charge in [0.1, 0.15) is 11.5 Å². The number of benzene rings is 2. The second-order valence-corrected chi connectivity index (χ2v) is 7.11. The average Bonchev–Trinajstić information content (AvgIpc) is 3.27. The van der Waals surface area contributed by atoms with Gasteiger partial charge in [0.2, 0.25) is 0 Å². The fourth-order valence-electron chi connectivity index (χ4n) is 3.55. The molecular weight excluding hydrogens is 352 g/mol. The molecule has 150 valence electrons. The van der Waals surface area contributed by atoms with E-state index < -0.39 is 0 Å². The standard InChI is InChI=1S/C23H30N2O3/c1-3-16-28-21-12-8-19(9-13-21)23(26)24-17-22(25-14-4-5-15-25)18-6-10-20(27-2)11-7-18/h6-13,22H,3-5,14-17H2,1-2H3,(H,24,26)/t22-/m1/s1. The molecule has 0 radical (unpaired) electrons. The van der Waals surface area contributed by atoms with Crippen LogP contribution in [0, 0.1) is 0 Å². The zero-order chi connectivity index (χ0) is 19.8. The van der Waals surface area contributed by atoms with Gasteiger partial charge in [0.05, 0.1) is 19.8 Å². The highest BCUT2D eigenvalue weighted by atomic mass is 16.5. The fourth-order valence-corrected chi connectivity index (χ4v) is 3.55. The van der Waals surface area contributed by atoms with Crippen molar-refractivity contribution < 1.29 is 14.3 Å². The van der Waals surface area contributed by atoms with E-state index >= 15 is 0 Å². The van der Waals surface area contributed by atoms with E-state index in [1.165, 1.54) is 18.4 Å². The van der Waals surface area contributed by atoms with Crippen molar-refractivity contribution in [3.63, 3.8) is 0 Å². The van der Waals surface area contributed by atoms with Crippen LogP contribution < -0.4 is 14.8 Å². The summed E-state index contributed by atoms with van der Waals surface area (Å²) in [6.07, 6.45) is 3.38. The van der Waals surface area contributed by atoms with Crippen LogP contribution in [0.2, 0.25) is 0 Å². The molecule has 2 aromatic rings. The molecule has 5 nitrogen and oxygen atoms in total. The predicted octanol–water partition coefficient (Wildman–Crippen LogP) is 4.05. The van der Waals surface area contributed by atoms with Gasteiger partial charge in [0, 0.05) is 12.1 Å². The Bertz CT molecular complexity index is 737. The molecule has 1 saturated heterocycles. The largest absolute Gasteiger partial charge is 0.497 e. The highest BCUT2D eigenvalue weighted by molar-refractivity contribution is 5.94. The molecule has 3 rings (SSSR count).